The monoisotopic (exact) mass is 302 g/mol. The van der Waals surface area contributed by atoms with Crippen LogP contribution in [0.1, 0.15) is 21.6 Å². The van der Waals surface area contributed by atoms with Crippen LogP contribution in [0.4, 0.5) is 0 Å². The highest BCUT2D eigenvalue weighted by Crippen LogP contribution is 2.23. The lowest BCUT2D eigenvalue weighted by Gasteiger charge is -2.05. The molecule has 1 heterocycles. The van der Waals surface area contributed by atoms with Crippen LogP contribution in [0.25, 0.3) is 0 Å². The Hall–Kier alpha value is -1.85. The standard InChI is InChI=1S/C16H18N2O2S/c1-17-9-12-4-3-5-15(8-12)21-11-14-7-6-13(10-18-14)16(19)20-2/h3-8,10,17H,9,11H2,1-2H3. The normalized spacial score (nSPS) is 10.4. The van der Waals surface area contributed by atoms with Crippen molar-refractivity contribution in [2.75, 3.05) is 14.2 Å². The van der Waals surface area contributed by atoms with Crippen LogP contribution in [0, 0.1) is 0 Å². The first-order valence-electron chi connectivity index (χ1n) is 6.62. The highest BCUT2D eigenvalue weighted by Gasteiger charge is 2.05. The van der Waals surface area contributed by atoms with Crippen LogP contribution in [0.5, 0.6) is 0 Å². The third kappa shape index (κ3) is 4.58. The Morgan fingerprint density at radius 1 is 1.33 bits per heavy atom. The molecule has 0 fully saturated rings. The molecule has 0 saturated heterocycles. The molecule has 1 aromatic heterocycles. The summed E-state index contributed by atoms with van der Waals surface area (Å²) in [5.41, 5.74) is 2.67. The third-order valence-corrected chi connectivity index (χ3v) is 3.94. The van der Waals surface area contributed by atoms with Gasteiger partial charge in [-0.25, -0.2) is 4.79 Å². The van der Waals surface area contributed by atoms with Crippen LogP contribution in [-0.2, 0) is 17.0 Å². The minimum atomic E-state index is -0.360. The summed E-state index contributed by atoms with van der Waals surface area (Å²) in [6.07, 6.45) is 1.55. The number of hydrogen-bond donors (Lipinski definition) is 1. The molecule has 5 heteroatoms. The smallest absolute Gasteiger partial charge is 0.339 e. The maximum Gasteiger partial charge on any atom is 0.339 e. The molecular formula is C16H18N2O2S. The van der Waals surface area contributed by atoms with E-state index in [0.29, 0.717) is 5.56 Å². The first-order valence-corrected chi connectivity index (χ1v) is 7.61. The van der Waals surface area contributed by atoms with Gasteiger partial charge in [0.25, 0.3) is 0 Å². The zero-order chi connectivity index (χ0) is 15.1. The largest absolute Gasteiger partial charge is 0.465 e. The van der Waals surface area contributed by atoms with Crippen molar-refractivity contribution in [2.24, 2.45) is 0 Å². The van der Waals surface area contributed by atoms with Crippen LogP contribution >= 0.6 is 11.8 Å². The van der Waals surface area contributed by atoms with Gasteiger partial charge in [-0.3, -0.25) is 4.98 Å². The number of hydrogen-bond acceptors (Lipinski definition) is 5. The van der Waals surface area contributed by atoms with Crippen LogP contribution in [0.2, 0.25) is 0 Å². The summed E-state index contributed by atoms with van der Waals surface area (Å²) in [4.78, 5) is 16.8. The van der Waals surface area contributed by atoms with Gasteiger partial charge in [-0.1, -0.05) is 12.1 Å². The Labute approximate surface area is 128 Å². The average Bonchev–Trinajstić information content (AvgIpc) is 2.53. The van der Waals surface area contributed by atoms with Gasteiger partial charge in [0.1, 0.15) is 0 Å². The van der Waals surface area contributed by atoms with Crippen molar-refractivity contribution in [1.29, 1.82) is 0 Å². The Balaban J connectivity index is 1.96. The molecule has 0 radical (unpaired) electrons. The Morgan fingerprint density at radius 2 is 2.19 bits per heavy atom. The third-order valence-electron chi connectivity index (χ3n) is 2.91. The fourth-order valence-corrected chi connectivity index (χ4v) is 2.75. The van der Waals surface area contributed by atoms with Gasteiger partial charge >= 0.3 is 5.97 Å². The second-order valence-corrected chi connectivity index (χ2v) is 5.54. The molecule has 21 heavy (non-hydrogen) atoms. The number of aromatic nitrogens is 1. The summed E-state index contributed by atoms with van der Waals surface area (Å²) in [6, 6.07) is 12.0. The summed E-state index contributed by atoms with van der Waals surface area (Å²) in [5.74, 6) is 0.409. The number of methoxy groups -OCH3 is 1. The number of ether oxygens (including phenoxy) is 1. The zero-order valence-corrected chi connectivity index (χ0v) is 12.9. The lowest BCUT2D eigenvalue weighted by Crippen LogP contribution is -2.04. The van der Waals surface area contributed by atoms with Gasteiger partial charge < -0.3 is 10.1 Å². The molecule has 0 amide bonds. The van der Waals surface area contributed by atoms with E-state index in [2.05, 4.69) is 39.3 Å². The molecule has 110 valence electrons. The Bertz CT molecular complexity index is 599. The molecule has 2 rings (SSSR count). The molecule has 0 bridgehead atoms. The van der Waals surface area contributed by atoms with Crippen molar-refractivity contribution in [1.82, 2.24) is 10.3 Å². The molecule has 4 nitrogen and oxygen atoms in total. The minimum Gasteiger partial charge on any atom is -0.465 e. The van der Waals surface area contributed by atoms with E-state index < -0.39 is 0 Å². The van der Waals surface area contributed by atoms with Gasteiger partial charge in [0.15, 0.2) is 0 Å². The van der Waals surface area contributed by atoms with Crippen molar-refractivity contribution >= 4 is 17.7 Å². The van der Waals surface area contributed by atoms with Crippen molar-refractivity contribution < 1.29 is 9.53 Å². The van der Waals surface area contributed by atoms with Gasteiger partial charge in [0.05, 0.1) is 18.4 Å². The molecular weight excluding hydrogens is 284 g/mol. The molecule has 0 aliphatic carbocycles. The Morgan fingerprint density at radius 3 is 2.86 bits per heavy atom. The number of carbonyl (C=O) groups is 1. The summed E-state index contributed by atoms with van der Waals surface area (Å²) >= 11 is 1.73. The highest BCUT2D eigenvalue weighted by molar-refractivity contribution is 7.98. The topological polar surface area (TPSA) is 51.2 Å². The number of nitrogens with zero attached hydrogens (tertiary/aromatic N) is 1. The van der Waals surface area contributed by atoms with E-state index in [1.54, 1.807) is 24.0 Å². The van der Waals surface area contributed by atoms with Crippen LogP contribution in [0.3, 0.4) is 0 Å². The molecule has 0 atom stereocenters. The van der Waals surface area contributed by atoms with E-state index in [9.17, 15) is 4.79 Å². The molecule has 0 aliphatic rings. The number of thioether (sulfide) groups is 1. The Kier molecular flexibility index (Phi) is 5.78. The zero-order valence-electron chi connectivity index (χ0n) is 12.1. The van der Waals surface area contributed by atoms with Gasteiger partial charge in [-0.15, -0.1) is 11.8 Å². The van der Waals surface area contributed by atoms with E-state index in [4.69, 9.17) is 0 Å². The van der Waals surface area contributed by atoms with E-state index in [1.165, 1.54) is 17.6 Å². The van der Waals surface area contributed by atoms with Gasteiger partial charge in [0.2, 0.25) is 0 Å². The summed E-state index contributed by atoms with van der Waals surface area (Å²) in [5, 5.41) is 3.14. The molecule has 1 N–H and O–H groups in total. The summed E-state index contributed by atoms with van der Waals surface area (Å²) < 4.78 is 4.65. The van der Waals surface area contributed by atoms with Crippen molar-refractivity contribution in [2.45, 2.75) is 17.2 Å². The molecule has 2 aromatic rings. The SMILES string of the molecule is CNCc1cccc(SCc2ccc(C(=O)OC)cn2)c1. The maximum atomic E-state index is 11.3. The lowest BCUT2D eigenvalue weighted by atomic mass is 10.2. The first kappa shape index (κ1) is 15.5. The van der Waals surface area contributed by atoms with Gasteiger partial charge in [-0.2, -0.15) is 0 Å². The number of pyridine rings is 1. The second-order valence-electron chi connectivity index (χ2n) is 4.50. The number of nitrogens with one attached hydrogen (secondary N) is 1. The second kappa shape index (κ2) is 7.81. The number of esters is 1. The minimum absolute atomic E-state index is 0.360. The van der Waals surface area contributed by atoms with E-state index in [0.717, 1.165) is 18.0 Å². The first-order chi connectivity index (χ1) is 10.2. The fourth-order valence-electron chi connectivity index (χ4n) is 1.86. The van der Waals surface area contributed by atoms with Crippen LogP contribution < -0.4 is 5.32 Å². The predicted octanol–water partition coefficient (Wildman–Crippen LogP) is 2.88. The maximum absolute atomic E-state index is 11.3. The predicted molar refractivity (Wildman–Crippen MR) is 84.3 cm³/mol. The molecule has 1 aromatic carbocycles. The fraction of sp³-hybridized carbons (Fsp3) is 0.250. The van der Waals surface area contributed by atoms with E-state index in [1.807, 2.05) is 13.1 Å². The van der Waals surface area contributed by atoms with Crippen LogP contribution in [0.15, 0.2) is 47.5 Å². The molecule has 0 saturated carbocycles. The summed E-state index contributed by atoms with van der Waals surface area (Å²) in [6.45, 7) is 0.862. The van der Waals surface area contributed by atoms with Crippen LogP contribution in [-0.4, -0.2) is 25.1 Å². The summed E-state index contributed by atoms with van der Waals surface area (Å²) in [7, 11) is 3.30. The molecule has 0 unspecified atom stereocenters. The van der Waals surface area contributed by atoms with E-state index >= 15 is 0 Å². The lowest BCUT2D eigenvalue weighted by molar-refractivity contribution is 0.0600. The van der Waals surface area contributed by atoms with Gasteiger partial charge in [-0.05, 0) is 36.9 Å². The van der Waals surface area contributed by atoms with Crippen molar-refractivity contribution in [3.8, 4) is 0 Å². The molecule has 0 aliphatic heterocycles. The number of benzene rings is 1. The van der Waals surface area contributed by atoms with Crippen molar-refractivity contribution in [3.05, 3.63) is 59.4 Å². The average molecular weight is 302 g/mol. The van der Waals surface area contributed by atoms with Crippen molar-refractivity contribution in [3.63, 3.8) is 0 Å². The van der Waals surface area contributed by atoms with Gasteiger partial charge in [0, 0.05) is 23.4 Å². The number of rotatable bonds is 6. The number of carbonyl (C=O) groups excluding carboxylic acids is 1. The van der Waals surface area contributed by atoms with E-state index in [-0.39, 0.29) is 5.97 Å². The molecule has 0 spiro atoms. The quantitative estimate of drug-likeness (QED) is 0.657. The highest BCUT2D eigenvalue weighted by atomic mass is 32.2.